The Balaban J connectivity index is 2.34. The van der Waals surface area contributed by atoms with Crippen LogP contribution in [0.2, 0.25) is 0 Å². The molecule has 2 amide bonds. The molecule has 1 aliphatic rings. The molecule has 82 valence electrons. The van der Waals surface area contributed by atoms with Crippen LogP contribution < -0.4 is 0 Å². The zero-order valence-corrected chi connectivity index (χ0v) is 8.81. The molecule has 0 saturated carbocycles. The van der Waals surface area contributed by atoms with Crippen molar-refractivity contribution in [2.45, 2.75) is 38.6 Å². The molecule has 0 aromatic heterocycles. The van der Waals surface area contributed by atoms with Crippen LogP contribution in [0, 0.1) is 0 Å². The number of nitrogens with zero attached hydrogens (tertiary/aromatic N) is 1. The van der Waals surface area contributed by atoms with E-state index < -0.39 is 0 Å². The molecule has 4 nitrogen and oxygen atoms in total. The number of rotatable bonds is 6. The molecule has 0 aromatic rings. The van der Waals surface area contributed by atoms with Crippen molar-refractivity contribution in [1.29, 1.82) is 0 Å². The van der Waals surface area contributed by atoms with Gasteiger partial charge in [0.1, 0.15) is 6.29 Å². The van der Waals surface area contributed by atoms with Crippen LogP contribution in [0.5, 0.6) is 0 Å². The van der Waals surface area contributed by atoms with Gasteiger partial charge in [-0.3, -0.25) is 14.5 Å². The van der Waals surface area contributed by atoms with Gasteiger partial charge in [0.05, 0.1) is 0 Å². The molecule has 0 aromatic carbocycles. The van der Waals surface area contributed by atoms with E-state index in [1.165, 1.54) is 17.1 Å². The van der Waals surface area contributed by atoms with Crippen LogP contribution in [0.3, 0.4) is 0 Å². The number of imide groups is 1. The Morgan fingerprint density at radius 1 is 1.27 bits per heavy atom. The summed E-state index contributed by atoms with van der Waals surface area (Å²) in [6, 6.07) is -0.0772. The molecule has 0 radical (unpaired) electrons. The van der Waals surface area contributed by atoms with Crippen LogP contribution in [0.15, 0.2) is 12.2 Å². The van der Waals surface area contributed by atoms with Gasteiger partial charge in [-0.2, -0.15) is 0 Å². The average Bonchev–Trinajstić information content (AvgIpc) is 2.53. The van der Waals surface area contributed by atoms with E-state index in [9.17, 15) is 14.4 Å². The van der Waals surface area contributed by atoms with E-state index in [2.05, 4.69) is 0 Å². The van der Waals surface area contributed by atoms with Crippen molar-refractivity contribution in [3.63, 3.8) is 0 Å². The summed E-state index contributed by atoms with van der Waals surface area (Å²) in [5, 5.41) is 0. The molecule has 0 aliphatic carbocycles. The molecule has 4 heteroatoms. The normalized spacial score (nSPS) is 17.3. The lowest BCUT2D eigenvalue weighted by Gasteiger charge is -2.22. The van der Waals surface area contributed by atoms with Crippen molar-refractivity contribution in [2.24, 2.45) is 0 Å². The zero-order valence-electron chi connectivity index (χ0n) is 8.81. The van der Waals surface area contributed by atoms with E-state index in [0.717, 1.165) is 25.5 Å². The number of unbranched alkanes of at least 4 members (excludes halogenated alkanes) is 2. The molecule has 1 aliphatic heterocycles. The fourth-order valence-electron chi connectivity index (χ4n) is 1.64. The van der Waals surface area contributed by atoms with Crippen LogP contribution in [-0.4, -0.2) is 29.0 Å². The molecule has 0 bridgehead atoms. The predicted octanol–water partition coefficient (Wildman–Crippen LogP) is 1.06. The Labute approximate surface area is 88.9 Å². The maximum Gasteiger partial charge on any atom is 0.253 e. The van der Waals surface area contributed by atoms with Crippen molar-refractivity contribution in [3.8, 4) is 0 Å². The lowest BCUT2D eigenvalue weighted by atomic mass is 10.1. The molecule has 0 saturated heterocycles. The van der Waals surface area contributed by atoms with E-state index in [0.29, 0.717) is 6.42 Å². The Morgan fingerprint density at radius 3 is 2.40 bits per heavy atom. The average molecular weight is 209 g/mol. The summed E-state index contributed by atoms with van der Waals surface area (Å²) < 4.78 is 0. The second kappa shape index (κ2) is 5.44. The Kier molecular flexibility index (Phi) is 4.21. The molecule has 1 rings (SSSR count). The SMILES string of the molecule is CC(CCCCC=O)N1C(=O)C=CC1=O. The highest BCUT2D eigenvalue weighted by Crippen LogP contribution is 2.14. The highest BCUT2D eigenvalue weighted by Gasteiger charge is 2.27. The van der Waals surface area contributed by atoms with Crippen LogP contribution in [0.1, 0.15) is 32.6 Å². The summed E-state index contributed by atoms with van der Waals surface area (Å²) in [6.07, 6.45) is 6.46. The molecule has 0 spiro atoms. The zero-order chi connectivity index (χ0) is 11.3. The molecule has 0 fully saturated rings. The summed E-state index contributed by atoms with van der Waals surface area (Å²) in [4.78, 5) is 33.9. The van der Waals surface area contributed by atoms with Gasteiger partial charge in [-0.25, -0.2) is 0 Å². The first-order valence-electron chi connectivity index (χ1n) is 5.15. The Morgan fingerprint density at radius 2 is 1.87 bits per heavy atom. The quantitative estimate of drug-likeness (QED) is 0.373. The van der Waals surface area contributed by atoms with E-state index in [4.69, 9.17) is 0 Å². The first-order chi connectivity index (χ1) is 7.16. The van der Waals surface area contributed by atoms with Gasteiger partial charge in [0.15, 0.2) is 0 Å². The molecular formula is C11H15NO3. The fraction of sp³-hybridized carbons (Fsp3) is 0.545. The minimum Gasteiger partial charge on any atom is -0.303 e. The topological polar surface area (TPSA) is 54.5 Å². The third-order valence-electron chi connectivity index (χ3n) is 2.48. The highest BCUT2D eigenvalue weighted by atomic mass is 16.2. The van der Waals surface area contributed by atoms with Crippen LogP contribution in [-0.2, 0) is 14.4 Å². The van der Waals surface area contributed by atoms with E-state index in [1.807, 2.05) is 6.92 Å². The van der Waals surface area contributed by atoms with Crippen molar-refractivity contribution in [1.82, 2.24) is 4.90 Å². The summed E-state index contributed by atoms with van der Waals surface area (Å²) >= 11 is 0. The second-order valence-electron chi connectivity index (χ2n) is 3.68. The smallest absolute Gasteiger partial charge is 0.253 e. The van der Waals surface area contributed by atoms with Gasteiger partial charge in [-0.05, 0) is 19.8 Å². The maximum absolute atomic E-state index is 11.3. The summed E-state index contributed by atoms with van der Waals surface area (Å²) in [5.74, 6) is -0.467. The predicted molar refractivity (Wildman–Crippen MR) is 55.0 cm³/mol. The van der Waals surface area contributed by atoms with Crippen molar-refractivity contribution in [3.05, 3.63) is 12.2 Å². The van der Waals surface area contributed by atoms with Gasteiger partial charge in [-0.1, -0.05) is 6.42 Å². The van der Waals surface area contributed by atoms with E-state index in [1.54, 1.807) is 0 Å². The molecule has 1 atom stereocenters. The monoisotopic (exact) mass is 209 g/mol. The summed E-state index contributed by atoms with van der Waals surface area (Å²) in [6.45, 7) is 1.85. The first-order valence-corrected chi connectivity index (χ1v) is 5.15. The summed E-state index contributed by atoms with van der Waals surface area (Å²) in [5.41, 5.74) is 0. The van der Waals surface area contributed by atoms with Crippen LogP contribution in [0.4, 0.5) is 0 Å². The van der Waals surface area contributed by atoms with Crippen molar-refractivity contribution < 1.29 is 14.4 Å². The lowest BCUT2D eigenvalue weighted by Crippen LogP contribution is -2.38. The Bertz CT molecular complexity index is 278. The molecule has 0 N–H and O–H groups in total. The van der Waals surface area contributed by atoms with Crippen LogP contribution in [0.25, 0.3) is 0 Å². The number of carbonyl (C=O) groups is 3. The third kappa shape index (κ3) is 3.01. The number of hydrogen-bond acceptors (Lipinski definition) is 3. The Hall–Kier alpha value is -1.45. The van der Waals surface area contributed by atoms with Crippen molar-refractivity contribution >= 4 is 18.1 Å². The molecule has 1 heterocycles. The summed E-state index contributed by atoms with van der Waals surface area (Å²) in [7, 11) is 0. The molecule has 15 heavy (non-hydrogen) atoms. The highest BCUT2D eigenvalue weighted by molar-refractivity contribution is 6.13. The number of aldehydes is 1. The van der Waals surface area contributed by atoms with Gasteiger partial charge in [0, 0.05) is 24.6 Å². The van der Waals surface area contributed by atoms with Crippen molar-refractivity contribution in [2.75, 3.05) is 0 Å². The number of amides is 2. The van der Waals surface area contributed by atoms with Gasteiger partial charge >= 0.3 is 0 Å². The minimum atomic E-state index is -0.233. The van der Waals surface area contributed by atoms with E-state index >= 15 is 0 Å². The standard InChI is InChI=1S/C11H15NO3/c1-9(5-3-2-4-8-13)12-10(14)6-7-11(12)15/h6-9H,2-5H2,1H3. The number of carbonyl (C=O) groups excluding carboxylic acids is 3. The first kappa shape index (κ1) is 11.6. The van der Waals surface area contributed by atoms with Gasteiger partial charge in [0.2, 0.25) is 0 Å². The maximum atomic E-state index is 11.3. The lowest BCUT2D eigenvalue weighted by molar-refractivity contribution is -0.139. The largest absolute Gasteiger partial charge is 0.303 e. The minimum absolute atomic E-state index is 0.0772. The molecular weight excluding hydrogens is 194 g/mol. The van der Waals surface area contributed by atoms with Gasteiger partial charge < -0.3 is 4.79 Å². The number of hydrogen-bond donors (Lipinski definition) is 0. The fourth-order valence-corrected chi connectivity index (χ4v) is 1.64. The van der Waals surface area contributed by atoms with E-state index in [-0.39, 0.29) is 17.9 Å². The van der Waals surface area contributed by atoms with Gasteiger partial charge in [-0.15, -0.1) is 0 Å². The molecule has 1 unspecified atom stereocenters. The third-order valence-corrected chi connectivity index (χ3v) is 2.48. The second-order valence-corrected chi connectivity index (χ2v) is 3.68. The van der Waals surface area contributed by atoms with Crippen LogP contribution >= 0.6 is 0 Å². The van der Waals surface area contributed by atoms with Gasteiger partial charge in [0.25, 0.3) is 11.8 Å².